The van der Waals surface area contributed by atoms with Gasteiger partial charge in [-0.05, 0) is 31.8 Å². The Morgan fingerprint density at radius 1 is 0.515 bits per heavy atom. The second-order valence-corrected chi connectivity index (χ2v) is 22.2. The van der Waals surface area contributed by atoms with Crippen LogP contribution in [-0.4, -0.2) is 69.4 Å². The van der Waals surface area contributed by atoms with Crippen LogP contribution in [0.1, 0.15) is 284 Å². The lowest BCUT2D eigenvalue weighted by Crippen LogP contribution is -2.47. The third-order valence-corrected chi connectivity index (χ3v) is 13.9. The third-order valence-electron chi connectivity index (χ3n) is 13.0. The van der Waals surface area contributed by atoms with Gasteiger partial charge in [-0.15, -0.1) is 0 Å². The molecule has 0 radical (unpaired) electrons. The van der Waals surface area contributed by atoms with Crippen LogP contribution in [0, 0.1) is 0 Å². The SMILES string of the molecule is CCCCCCCCCCCC/C=C/C(OC(=O)CCCCCCCCCCCCCCCCC)C(COP(=O)([O-])OCC[N+](C)(C)C)NC(=O)CCCCCCCCCCCCCCC. The molecule has 0 aliphatic carbocycles. The first-order chi connectivity index (χ1) is 31.9. The predicted molar refractivity (Wildman–Crippen MR) is 280 cm³/mol. The van der Waals surface area contributed by atoms with Crippen molar-refractivity contribution in [3.05, 3.63) is 12.2 Å². The molecule has 0 aliphatic rings. The van der Waals surface area contributed by atoms with Crippen LogP contribution in [0.15, 0.2) is 12.2 Å². The van der Waals surface area contributed by atoms with Crippen molar-refractivity contribution in [3.63, 3.8) is 0 Å². The molecule has 3 unspecified atom stereocenters. The number of carbonyl (C=O) groups excluding carboxylic acids is 2. The summed E-state index contributed by atoms with van der Waals surface area (Å²) in [4.78, 5) is 39.8. The fourth-order valence-electron chi connectivity index (χ4n) is 8.52. The molecule has 1 N–H and O–H groups in total. The molecule has 0 fully saturated rings. The number of hydrogen-bond acceptors (Lipinski definition) is 7. The van der Waals surface area contributed by atoms with Gasteiger partial charge in [0.2, 0.25) is 5.91 Å². The Morgan fingerprint density at radius 2 is 0.864 bits per heavy atom. The van der Waals surface area contributed by atoms with Crippen LogP contribution in [0.2, 0.25) is 0 Å². The molecular formula is C56H111N2O7P. The highest BCUT2D eigenvalue weighted by Gasteiger charge is 2.27. The van der Waals surface area contributed by atoms with Crippen molar-refractivity contribution in [2.24, 2.45) is 0 Å². The van der Waals surface area contributed by atoms with Crippen LogP contribution in [0.4, 0.5) is 0 Å². The van der Waals surface area contributed by atoms with Crippen LogP contribution in [-0.2, 0) is 27.9 Å². The molecule has 0 saturated carbocycles. The van der Waals surface area contributed by atoms with Crippen molar-refractivity contribution < 1.29 is 37.3 Å². The monoisotopic (exact) mass is 955 g/mol. The molecule has 1 amide bonds. The number of nitrogens with zero attached hydrogens (tertiary/aromatic N) is 1. The number of phosphoric acid groups is 1. The predicted octanol–water partition coefficient (Wildman–Crippen LogP) is 16.2. The number of likely N-dealkylation sites (N-methyl/N-ethyl adjacent to an activating group) is 1. The molecule has 10 heteroatoms. The van der Waals surface area contributed by atoms with Gasteiger partial charge >= 0.3 is 5.97 Å². The molecule has 0 aromatic heterocycles. The zero-order valence-electron chi connectivity index (χ0n) is 44.7. The lowest BCUT2D eigenvalue weighted by molar-refractivity contribution is -0.870. The summed E-state index contributed by atoms with van der Waals surface area (Å²) in [5, 5.41) is 3.02. The largest absolute Gasteiger partial charge is 0.756 e. The number of esters is 1. The van der Waals surface area contributed by atoms with Crippen LogP contribution >= 0.6 is 7.82 Å². The van der Waals surface area contributed by atoms with E-state index in [2.05, 4.69) is 26.1 Å². The Kier molecular flexibility index (Phi) is 46.5. The van der Waals surface area contributed by atoms with Gasteiger partial charge in [-0.2, -0.15) is 0 Å². The van der Waals surface area contributed by atoms with E-state index >= 15 is 0 Å². The fraction of sp³-hybridized carbons (Fsp3) is 0.929. The average Bonchev–Trinajstić information content (AvgIpc) is 3.27. The normalized spacial score (nSPS) is 13.9. The first-order valence-corrected chi connectivity index (χ1v) is 30.0. The first kappa shape index (κ1) is 64.8. The number of hydrogen-bond donors (Lipinski definition) is 1. The number of rotatable bonds is 52. The van der Waals surface area contributed by atoms with Crippen molar-refractivity contribution in [2.45, 2.75) is 296 Å². The number of nitrogens with one attached hydrogen (secondary N) is 1. The highest BCUT2D eigenvalue weighted by Crippen LogP contribution is 2.38. The highest BCUT2D eigenvalue weighted by molar-refractivity contribution is 7.45. The van der Waals surface area contributed by atoms with Gasteiger partial charge in [0.1, 0.15) is 19.3 Å². The number of unbranched alkanes of at least 4 members (excludes halogenated alkanes) is 36. The molecule has 3 atom stereocenters. The Hall–Kier alpha value is -1.25. The van der Waals surface area contributed by atoms with Gasteiger partial charge in [-0.25, -0.2) is 0 Å². The molecule has 0 heterocycles. The van der Waals surface area contributed by atoms with Crippen molar-refractivity contribution >= 4 is 19.7 Å². The van der Waals surface area contributed by atoms with Gasteiger partial charge in [0.05, 0.1) is 33.8 Å². The topological polar surface area (TPSA) is 114 Å². The lowest BCUT2D eigenvalue weighted by Gasteiger charge is -2.30. The second-order valence-electron chi connectivity index (χ2n) is 20.8. The summed E-state index contributed by atoms with van der Waals surface area (Å²) in [6.07, 6.45) is 51.6. The number of phosphoric ester groups is 1. The quantitative estimate of drug-likeness (QED) is 0.0212. The van der Waals surface area contributed by atoms with E-state index in [9.17, 15) is 19.0 Å². The molecule has 9 nitrogen and oxygen atoms in total. The van der Waals surface area contributed by atoms with E-state index in [1.165, 1.54) is 193 Å². The van der Waals surface area contributed by atoms with Gasteiger partial charge in [-0.3, -0.25) is 14.2 Å². The second kappa shape index (κ2) is 47.4. The van der Waals surface area contributed by atoms with Gasteiger partial charge < -0.3 is 28.5 Å². The minimum Gasteiger partial charge on any atom is -0.756 e. The minimum atomic E-state index is -4.68. The molecule has 0 bridgehead atoms. The van der Waals surface area contributed by atoms with Crippen molar-refractivity contribution in [1.82, 2.24) is 5.32 Å². The van der Waals surface area contributed by atoms with E-state index in [4.69, 9.17) is 13.8 Å². The molecule has 392 valence electrons. The third kappa shape index (κ3) is 47.8. The summed E-state index contributed by atoms with van der Waals surface area (Å²) in [5.74, 6) is -0.525. The maximum Gasteiger partial charge on any atom is 0.306 e. The van der Waals surface area contributed by atoms with Gasteiger partial charge in [-0.1, -0.05) is 252 Å². The molecule has 66 heavy (non-hydrogen) atoms. The van der Waals surface area contributed by atoms with Crippen LogP contribution in [0.25, 0.3) is 0 Å². The molecular weight excluding hydrogens is 844 g/mol. The van der Waals surface area contributed by atoms with E-state index < -0.39 is 20.0 Å². The van der Waals surface area contributed by atoms with E-state index in [0.29, 0.717) is 17.4 Å². The van der Waals surface area contributed by atoms with E-state index in [0.717, 1.165) is 57.8 Å². The van der Waals surface area contributed by atoms with Crippen LogP contribution in [0.3, 0.4) is 0 Å². The first-order valence-electron chi connectivity index (χ1n) is 28.5. The van der Waals surface area contributed by atoms with Gasteiger partial charge in [0, 0.05) is 12.8 Å². The van der Waals surface area contributed by atoms with E-state index in [-0.39, 0.29) is 31.5 Å². The van der Waals surface area contributed by atoms with Gasteiger partial charge in [0.25, 0.3) is 7.82 Å². The van der Waals surface area contributed by atoms with Crippen LogP contribution < -0.4 is 10.2 Å². The smallest absolute Gasteiger partial charge is 0.306 e. The van der Waals surface area contributed by atoms with Gasteiger partial charge in [0.15, 0.2) is 0 Å². The minimum absolute atomic E-state index is 0.0171. The molecule has 0 aromatic rings. The Bertz CT molecular complexity index is 1150. The summed E-state index contributed by atoms with van der Waals surface area (Å²) >= 11 is 0. The summed E-state index contributed by atoms with van der Waals surface area (Å²) in [7, 11) is 1.20. The van der Waals surface area contributed by atoms with Crippen LogP contribution in [0.5, 0.6) is 0 Å². The van der Waals surface area contributed by atoms with E-state index in [1.807, 2.05) is 33.3 Å². The molecule has 0 rings (SSSR count). The van der Waals surface area contributed by atoms with Crippen molar-refractivity contribution in [1.29, 1.82) is 0 Å². The molecule has 0 spiro atoms. The summed E-state index contributed by atoms with van der Waals surface area (Å²) in [5.41, 5.74) is 0. The van der Waals surface area contributed by atoms with Crippen molar-refractivity contribution in [3.8, 4) is 0 Å². The number of carbonyl (C=O) groups is 2. The number of allylic oxidation sites excluding steroid dienone is 1. The molecule has 0 saturated heterocycles. The van der Waals surface area contributed by atoms with Crippen molar-refractivity contribution in [2.75, 3.05) is 40.9 Å². The maximum atomic E-state index is 13.4. The standard InChI is InChI=1S/C56H111N2O7P/c1-7-10-13-16-19-22-25-28-29-31-34-37-40-43-46-49-56(60)65-54(47-44-41-38-35-32-27-24-21-18-15-12-9-3)53(52-64-66(61,62)63-51-50-58(4,5)6)57-55(59)48-45-42-39-36-33-30-26-23-20-17-14-11-8-2/h44,47,53-54H,7-43,45-46,48-52H2,1-6H3,(H-,57,59,61,62)/b47-44+. The number of ether oxygens (including phenoxy) is 1. The summed E-state index contributed by atoms with van der Waals surface area (Å²) < 4.78 is 30.2. The summed E-state index contributed by atoms with van der Waals surface area (Å²) in [6, 6.07) is -0.877. The Balaban J connectivity index is 5.32. The highest BCUT2D eigenvalue weighted by atomic mass is 31.2. The number of quaternary nitrogens is 1. The maximum absolute atomic E-state index is 13.4. The zero-order valence-corrected chi connectivity index (χ0v) is 45.6. The van der Waals surface area contributed by atoms with E-state index in [1.54, 1.807) is 0 Å². The fourth-order valence-corrected chi connectivity index (χ4v) is 9.25. The lowest BCUT2D eigenvalue weighted by atomic mass is 10.0. The molecule has 0 aliphatic heterocycles. The summed E-state index contributed by atoms with van der Waals surface area (Å²) in [6.45, 7) is 6.87. The Morgan fingerprint density at radius 3 is 1.24 bits per heavy atom. The molecule has 0 aromatic carbocycles. The zero-order chi connectivity index (χ0) is 48.7. The Labute approximate surface area is 410 Å². The average molecular weight is 955 g/mol. The number of amides is 1.